The van der Waals surface area contributed by atoms with Gasteiger partial charge < -0.3 is 10.2 Å². The molecule has 2 heterocycles. The van der Waals surface area contributed by atoms with Crippen LogP contribution in [-0.2, 0) is 11.9 Å². The van der Waals surface area contributed by atoms with Crippen molar-refractivity contribution in [3.63, 3.8) is 0 Å². The van der Waals surface area contributed by atoms with Crippen LogP contribution in [0.2, 0.25) is 0 Å². The molecule has 1 aliphatic heterocycles. The van der Waals surface area contributed by atoms with Crippen molar-refractivity contribution in [2.75, 3.05) is 11.6 Å². The number of rotatable bonds is 6. The molecule has 0 saturated carbocycles. The number of benzene rings is 2. The second kappa shape index (κ2) is 7.92. The van der Waals surface area contributed by atoms with Crippen molar-refractivity contribution in [2.24, 2.45) is 17.9 Å². The highest BCUT2D eigenvalue weighted by Crippen LogP contribution is 2.51. The second-order valence-electron chi connectivity index (χ2n) is 6.67. The van der Waals surface area contributed by atoms with E-state index >= 15 is 0 Å². The predicted octanol–water partition coefficient (Wildman–Crippen LogP) is 3.28. The summed E-state index contributed by atoms with van der Waals surface area (Å²) < 4.78 is 35.5. The van der Waals surface area contributed by atoms with E-state index in [4.69, 9.17) is 10.2 Å². The van der Waals surface area contributed by atoms with Crippen LogP contribution in [0.25, 0.3) is 0 Å². The Morgan fingerprint density at radius 3 is 2.69 bits per heavy atom. The van der Waals surface area contributed by atoms with E-state index in [1.165, 1.54) is 22.8 Å². The summed E-state index contributed by atoms with van der Waals surface area (Å²) >= 11 is 1.34. The number of hydrazone groups is 1. The Morgan fingerprint density at radius 1 is 1.21 bits per heavy atom. The number of halogens is 2. The average Bonchev–Trinajstić information content (AvgIpc) is 3.33. The van der Waals surface area contributed by atoms with Gasteiger partial charge in [0.15, 0.2) is 7.05 Å². The molecule has 2 N–H and O–H groups in total. The zero-order valence-electron chi connectivity index (χ0n) is 15.8. The van der Waals surface area contributed by atoms with Gasteiger partial charge in [-0.3, -0.25) is 0 Å². The summed E-state index contributed by atoms with van der Waals surface area (Å²) in [6, 6.07) is 13.3. The molecule has 0 radical (unpaired) electrons. The number of hydrogen-bond acceptors (Lipinski definition) is 6. The van der Waals surface area contributed by atoms with Gasteiger partial charge in [-0.15, -0.1) is 0 Å². The summed E-state index contributed by atoms with van der Waals surface area (Å²) in [5, 5.41) is 11.0. The van der Waals surface area contributed by atoms with E-state index in [9.17, 15) is 8.78 Å². The Labute approximate surface area is 171 Å². The molecule has 0 aliphatic carbocycles. The quantitative estimate of drug-likeness (QED) is 0.625. The fourth-order valence-corrected chi connectivity index (χ4v) is 4.70. The van der Waals surface area contributed by atoms with Crippen molar-refractivity contribution in [3.05, 3.63) is 77.7 Å². The minimum absolute atomic E-state index is 0.0986. The first kappa shape index (κ1) is 19.5. The first-order valence-corrected chi connectivity index (χ1v) is 9.95. The number of anilines is 1. The van der Waals surface area contributed by atoms with Crippen LogP contribution in [0.1, 0.15) is 24.0 Å². The Balaban J connectivity index is 1.88. The van der Waals surface area contributed by atoms with Crippen LogP contribution in [0.15, 0.2) is 64.4 Å². The summed E-state index contributed by atoms with van der Waals surface area (Å²) in [6.07, 6.45) is 2.75. The summed E-state index contributed by atoms with van der Waals surface area (Å²) in [7, 11) is 1.73. The standard InChI is InChI=1S/C20H20F2N5OS/c1-26-13-28-19(25-26)27-20(10-5-11-23,14-6-3-2-4-7-14)29-18(24-27)16-12-15(21)8-9-17(16)22/h2-4,6-9,12-13H,5,10-11,23H2,1H3/q+1. The SMILES string of the molecule is C[n+]1coc(N2N=C(c3cc(F)ccc3F)SC2(CCCN)c2ccccc2)n1. The van der Waals surface area contributed by atoms with Crippen LogP contribution in [0.5, 0.6) is 0 Å². The molecule has 4 rings (SSSR count). The molecular formula is C20H20F2N5OS+. The molecule has 0 bridgehead atoms. The Morgan fingerprint density at radius 2 is 2.00 bits per heavy atom. The number of aromatic nitrogens is 2. The maximum absolute atomic E-state index is 14.5. The zero-order valence-corrected chi connectivity index (χ0v) is 16.6. The van der Waals surface area contributed by atoms with Gasteiger partial charge in [0.05, 0.1) is 5.10 Å². The molecule has 0 spiro atoms. The Hall–Kier alpha value is -2.78. The summed E-state index contributed by atoms with van der Waals surface area (Å²) in [6.45, 7) is 0.478. The van der Waals surface area contributed by atoms with Crippen molar-refractivity contribution >= 4 is 22.8 Å². The lowest BCUT2D eigenvalue weighted by Gasteiger charge is -2.34. The van der Waals surface area contributed by atoms with Crippen molar-refractivity contribution in [3.8, 4) is 0 Å². The molecule has 0 amide bonds. The Bertz CT molecular complexity index is 1040. The van der Waals surface area contributed by atoms with E-state index in [1.807, 2.05) is 30.3 Å². The number of nitrogens with two attached hydrogens (primary N) is 1. The van der Waals surface area contributed by atoms with Gasteiger partial charge >= 0.3 is 12.4 Å². The summed E-state index contributed by atoms with van der Waals surface area (Å²) in [4.78, 5) is -0.757. The molecule has 0 saturated heterocycles. The summed E-state index contributed by atoms with van der Waals surface area (Å²) in [5.41, 5.74) is 6.84. The molecule has 2 aromatic carbocycles. The molecular weight excluding hydrogens is 396 g/mol. The maximum atomic E-state index is 14.5. The number of aryl methyl sites for hydroxylation is 1. The third kappa shape index (κ3) is 3.63. The third-order valence-corrected chi connectivity index (χ3v) is 6.08. The topological polar surface area (TPSA) is 71.5 Å². The van der Waals surface area contributed by atoms with E-state index in [1.54, 1.807) is 12.1 Å². The molecule has 9 heteroatoms. The molecule has 150 valence electrons. The van der Waals surface area contributed by atoms with Gasteiger partial charge in [0, 0.05) is 5.56 Å². The molecule has 1 aliphatic rings. The van der Waals surface area contributed by atoms with E-state index < -0.39 is 16.5 Å². The van der Waals surface area contributed by atoms with E-state index in [0.29, 0.717) is 24.4 Å². The predicted molar refractivity (Wildman–Crippen MR) is 107 cm³/mol. The normalized spacial score (nSPS) is 18.9. The average molecular weight is 416 g/mol. The smallest absolute Gasteiger partial charge is 0.369 e. The van der Waals surface area contributed by atoms with Crippen molar-refractivity contribution in [1.29, 1.82) is 0 Å². The minimum atomic E-state index is -0.757. The molecule has 29 heavy (non-hydrogen) atoms. The molecule has 1 unspecified atom stereocenters. The van der Waals surface area contributed by atoms with Crippen LogP contribution in [0.4, 0.5) is 14.8 Å². The van der Waals surface area contributed by atoms with Crippen LogP contribution < -0.4 is 15.4 Å². The van der Waals surface area contributed by atoms with Crippen molar-refractivity contribution in [2.45, 2.75) is 17.7 Å². The minimum Gasteiger partial charge on any atom is -0.369 e. The van der Waals surface area contributed by atoms with Gasteiger partial charge in [-0.1, -0.05) is 46.8 Å². The number of hydrogen-bond donors (Lipinski definition) is 1. The molecule has 3 aromatic rings. The van der Waals surface area contributed by atoms with Crippen molar-refractivity contribution in [1.82, 2.24) is 5.10 Å². The fraction of sp³-hybridized carbons (Fsp3) is 0.250. The molecule has 1 atom stereocenters. The van der Waals surface area contributed by atoms with Crippen LogP contribution in [0.3, 0.4) is 0 Å². The number of thioether (sulfide) groups is 1. The Kier molecular flexibility index (Phi) is 5.33. The zero-order chi connectivity index (χ0) is 20.4. The van der Waals surface area contributed by atoms with Crippen LogP contribution >= 0.6 is 11.8 Å². The van der Waals surface area contributed by atoms with Gasteiger partial charge in [0.2, 0.25) is 0 Å². The monoisotopic (exact) mass is 416 g/mol. The fourth-order valence-electron chi connectivity index (χ4n) is 3.28. The lowest BCUT2D eigenvalue weighted by Crippen LogP contribution is -2.39. The highest BCUT2D eigenvalue weighted by atomic mass is 32.2. The summed E-state index contributed by atoms with van der Waals surface area (Å²) in [5.74, 6) is -1.07. The first-order valence-electron chi connectivity index (χ1n) is 9.14. The highest BCUT2D eigenvalue weighted by molar-refractivity contribution is 8.15. The van der Waals surface area contributed by atoms with Gasteiger partial charge in [-0.2, -0.15) is 10.1 Å². The molecule has 0 fully saturated rings. The number of nitrogens with zero attached hydrogens (tertiary/aromatic N) is 4. The third-order valence-electron chi connectivity index (χ3n) is 4.64. The first-order chi connectivity index (χ1) is 14.0. The van der Waals surface area contributed by atoms with Crippen LogP contribution in [0, 0.1) is 11.6 Å². The van der Waals surface area contributed by atoms with Gasteiger partial charge in [0.1, 0.15) is 21.5 Å². The largest absolute Gasteiger partial charge is 0.386 e. The van der Waals surface area contributed by atoms with Crippen molar-refractivity contribution < 1.29 is 17.9 Å². The van der Waals surface area contributed by atoms with E-state index in [2.05, 4.69) is 10.2 Å². The second-order valence-corrected chi connectivity index (χ2v) is 7.93. The maximum Gasteiger partial charge on any atom is 0.386 e. The van der Waals surface area contributed by atoms with E-state index in [0.717, 1.165) is 23.8 Å². The van der Waals surface area contributed by atoms with Gasteiger partial charge in [-0.05, 0) is 43.1 Å². The lowest BCUT2D eigenvalue weighted by molar-refractivity contribution is -0.730. The highest BCUT2D eigenvalue weighted by Gasteiger charge is 2.49. The molecule has 6 nitrogen and oxygen atoms in total. The van der Waals surface area contributed by atoms with Gasteiger partial charge in [0.25, 0.3) is 0 Å². The lowest BCUT2D eigenvalue weighted by atomic mass is 10.0. The van der Waals surface area contributed by atoms with Gasteiger partial charge in [-0.25, -0.2) is 8.78 Å². The van der Waals surface area contributed by atoms with E-state index in [-0.39, 0.29) is 11.6 Å². The van der Waals surface area contributed by atoms with Crippen LogP contribution in [-0.4, -0.2) is 16.7 Å². The molecule has 1 aromatic heterocycles.